The minimum absolute atomic E-state index is 0.000104. The Morgan fingerprint density at radius 3 is 2.53 bits per heavy atom. The number of carbonyl (C=O) groups excluding carboxylic acids is 1. The van der Waals surface area contributed by atoms with E-state index in [1.165, 1.54) is 25.3 Å². The molecule has 0 aliphatic carbocycles. The molecule has 0 N–H and O–H groups in total. The molecule has 1 saturated heterocycles. The van der Waals surface area contributed by atoms with Gasteiger partial charge in [0.05, 0.1) is 23.3 Å². The largest absolute Gasteiger partial charge is 0.493 e. The van der Waals surface area contributed by atoms with Crippen LogP contribution in [0.25, 0.3) is 0 Å². The predicted octanol–water partition coefficient (Wildman–Crippen LogP) is 5.32. The normalized spacial score (nSPS) is 16.0. The topological polar surface area (TPSA) is 82.1 Å². The van der Waals surface area contributed by atoms with Crippen LogP contribution in [0.4, 0.5) is 0 Å². The molecular weight excluding hydrogens is 501 g/mol. The summed E-state index contributed by atoms with van der Waals surface area (Å²) in [4.78, 5) is 14.5. The van der Waals surface area contributed by atoms with E-state index in [4.69, 9.17) is 36.9 Å². The molecule has 0 bridgehead atoms. The zero-order valence-corrected chi connectivity index (χ0v) is 21.8. The highest BCUT2D eigenvalue weighted by molar-refractivity contribution is 7.87. The summed E-state index contributed by atoms with van der Waals surface area (Å²) in [6, 6.07) is 8.89. The van der Waals surface area contributed by atoms with Gasteiger partial charge in [-0.1, -0.05) is 43.1 Å². The summed E-state index contributed by atoms with van der Waals surface area (Å²) in [5, 5.41) is 0.332. The van der Waals surface area contributed by atoms with Crippen LogP contribution in [0.1, 0.15) is 38.7 Å². The number of rotatable bonds is 10. The number of halogens is 2. The summed E-state index contributed by atoms with van der Waals surface area (Å²) in [5.41, 5.74) is 0.704. The number of ether oxygens (including phenoxy) is 2. The number of hydrogen-bond donors (Lipinski definition) is 0. The van der Waals surface area contributed by atoms with Crippen molar-refractivity contribution in [1.82, 2.24) is 4.90 Å². The van der Waals surface area contributed by atoms with Crippen LogP contribution in [0.5, 0.6) is 11.5 Å². The fourth-order valence-corrected chi connectivity index (χ4v) is 4.99. The van der Waals surface area contributed by atoms with Gasteiger partial charge in [-0.3, -0.25) is 4.79 Å². The van der Waals surface area contributed by atoms with E-state index in [0.29, 0.717) is 31.7 Å². The van der Waals surface area contributed by atoms with Crippen LogP contribution >= 0.6 is 23.2 Å². The average molecular weight is 530 g/mol. The summed E-state index contributed by atoms with van der Waals surface area (Å²) in [6.07, 6.45) is 2.30. The Hall–Kier alpha value is -2.00. The van der Waals surface area contributed by atoms with E-state index in [2.05, 4.69) is 0 Å². The Bertz CT molecular complexity index is 1120. The first-order valence-corrected chi connectivity index (χ1v) is 13.2. The Kier molecular flexibility index (Phi) is 9.09. The monoisotopic (exact) mass is 529 g/mol. The molecule has 1 fully saturated rings. The van der Waals surface area contributed by atoms with Crippen molar-refractivity contribution in [2.75, 3.05) is 20.3 Å². The van der Waals surface area contributed by atoms with Gasteiger partial charge in [-0.05, 0) is 54.7 Å². The van der Waals surface area contributed by atoms with Crippen LogP contribution in [0.15, 0.2) is 41.3 Å². The average Bonchev–Trinajstić information content (AvgIpc) is 3.28. The van der Waals surface area contributed by atoms with Gasteiger partial charge in [0.1, 0.15) is 4.90 Å². The molecule has 2 aromatic carbocycles. The van der Waals surface area contributed by atoms with E-state index in [-0.39, 0.29) is 44.4 Å². The third kappa shape index (κ3) is 7.01. The molecule has 0 unspecified atom stereocenters. The number of carbonyl (C=O) groups is 1. The zero-order valence-electron chi connectivity index (χ0n) is 19.4. The molecule has 1 heterocycles. The second-order valence-corrected chi connectivity index (χ2v) is 11.0. The van der Waals surface area contributed by atoms with Crippen LogP contribution in [-0.4, -0.2) is 45.6 Å². The van der Waals surface area contributed by atoms with E-state index in [0.717, 1.165) is 12.8 Å². The van der Waals surface area contributed by atoms with Gasteiger partial charge in [0.25, 0.3) is 0 Å². The van der Waals surface area contributed by atoms with Crippen molar-refractivity contribution in [3.05, 3.63) is 52.0 Å². The molecule has 1 atom stereocenters. The van der Waals surface area contributed by atoms with Crippen LogP contribution in [0.3, 0.4) is 0 Å². The fourth-order valence-electron chi connectivity index (χ4n) is 3.67. The molecule has 0 saturated carbocycles. The molecule has 186 valence electrons. The summed E-state index contributed by atoms with van der Waals surface area (Å²) in [7, 11) is -2.78. The number of methoxy groups -OCH3 is 1. The molecule has 0 spiro atoms. The number of nitrogens with zero attached hydrogens (tertiary/aromatic N) is 1. The SMILES string of the molecule is COc1ccc(CN(C[C@H]2CCCO2)C(=O)CC(C)C)cc1OS(=O)(=O)c1ccc(Cl)c(Cl)c1. The van der Waals surface area contributed by atoms with Gasteiger partial charge in [0, 0.05) is 26.1 Å². The Morgan fingerprint density at radius 1 is 1.15 bits per heavy atom. The lowest BCUT2D eigenvalue weighted by molar-refractivity contribution is -0.134. The third-order valence-corrected chi connectivity index (χ3v) is 7.33. The first-order valence-electron chi connectivity index (χ1n) is 11.0. The van der Waals surface area contributed by atoms with Crippen molar-refractivity contribution in [2.24, 2.45) is 5.92 Å². The second kappa shape index (κ2) is 11.6. The maximum Gasteiger partial charge on any atom is 0.339 e. The molecule has 1 aliphatic rings. The van der Waals surface area contributed by atoms with Crippen LogP contribution in [-0.2, 0) is 26.2 Å². The van der Waals surface area contributed by atoms with Crippen molar-refractivity contribution in [1.29, 1.82) is 0 Å². The maximum absolute atomic E-state index is 12.9. The number of hydrogen-bond acceptors (Lipinski definition) is 6. The van der Waals surface area contributed by atoms with Gasteiger partial charge < -0.3 is 18.6 Å². The number of benzene rings is 2. The molecule has 10 heteroatoms. The lowest BCUT2D eigenvalue weighted by atomic mass is 10.1. The lowest BCUT2D eigenvalue weighted by Gasteiger charge is -2.26. The van der Waals surface area contributed by atoms with Gasteiger partial charge in [-0.25, -0.2) is 0 Å². The van der Waals surface area contributed by atoms with Crippen LogP contribution in [0, 0.1) is 5.92 Å². The van der Waals surface area contributed by atoms with Gasteiger partial charge in [-0.15, -0.1) is 0 Å². The van der Waals surface area contributed by atoms with E-state index >= 15 is 0 Å². The fraction of sp³-hybridized carbons (Fsp3) is 0.458. The highest BCUT2D eigenvalue weighted by Gasteiger charge is 2.25. The van der Waals surface area contributed by atoms with Crippen molar-refractivity contribution >= 4 is 39.2 Å². The molecular formula is C24H29Cl2NO6S. The molecule has 34 heavy (non-hydrogen) atoms. The summed E-state index contributed by atoms with van der Waals surface area (Å²) in [6.45, 7) is 5.46. The van der Waals surface area contributed by atoms with E-state index in [9.17, 15) is 13.2 Å². The van der Waals surface area contributed by atoms with Crippen molar-refractivity contribution in [2.45, 2.75) is 50.7 Å². The van der Waals surface area contributed by atoms with Gasteiger partial charge in [-0.2, -0.15) is 8.42 Å². The molecule has 0 radical (unpaired) electrons. The summed E-state index contributed by atoms with van der Waals surface area (Å²) < 4.78 is 42.2. The maximum atomic E-state index is 12.9. The standard InChI is InChI=1S/C24H29Cl2NO6S/c1-16(2)11-24(28)27(15-18-5-4-10-32-18)14-17-6-9-22(31-3)23(12-17)33-34(29,30)19-7-8-20(25)21(26)13-19/h6-9,12-13,16,18H,4-5,10-11,14-15H2,1-3H3/t18-/m1/s1. The highest BCUT2D eigenvalue weighted by atomic mass is 35.5. The predicted molar refractivity (Wildman–Crippen MR) is 131 cm³/mol. The molecule has 2 aromatic rings. The lowest BCUT2D eigenvalue weighted by Crippen LogP contribution is -2.37. The smallest absolute Gasteiger partial charge is 0.339 e. The molecule has 0 aromatic heterocycles. The Morgan fingerprint density at radius 2 is 1.91 bits per heavy atom. The van der Waals surface area contributed by atoms with Crippen molar-refractivity contribution in [3.8, 4) is 11.5 Å². The molecule has 7 nitrogen and oxygen atoms in total. The summed E-state index contributed by atoms with van der Waals surface area (Å²) >= 11 is 11.9. The third-order valence-electron chi connectivity index (χ3n) is 5.36. The quantitative estimate of drug-likeness (QED) is 0.387. The van der Waals surface area contributed by atoms with E-state index < -0.39 is 10.1 Å². The van der Waals surface area contributed by atoms with Gasteiger partial charge in [0.2, 0.25) is 5.91 Å². The minimum atomic E-state index is -4.20. The Labute approximate surface area is 211 Å². The number of amides is 1. The summed E-state index contributed by atoms with van der Waals surface area (Å²) in [5.74, 6) is 0.490. The molecule has 3 rings (SSSR count). The molecule has 1 amide bonds. The van der Waals surface area contributed by atoms with E-state index in [1.54, 1.807) is 23.1 Å². The highest BCUT2D eigenvalue weighted by Crippen LogP contribution is 2.33. The first kappa shape index (κ1) is 26.6. The molecule has 1 aliphatic heterocycles. The van der Waals surface area contributed by atoms with E-state index in [1.807, 2.05) is 13.8 Å². The van der Waals surface area contributed by atoms with Gasteiger partial charge >= 0.3 is 10.1 Å². The first-order chi connectivity index (χ1) is 16.1. The second-order valence-electron chi connectivity index (χ2n) is 8.61. The van der Waals surface area contributed by atoms with Crippen LogP contribution < -0.4 is 8.92 Å². The van der Waals surface area contributed by atoms with Crippen LogP contribution in [0.2, 0.25) is 10.0 Å². The Balaban J connectivity index is 1.85. The van der Waals surface area contributed by atoms with Gasteiger partial charge in [0.15, 0.2) is 11.5 Å². The van der Waals surface area contributed by atoms with Crippen molar-refractivity contribution in [3.63, 3.8) is 0 Å². The minimum Gasteiger partial charge on any atom is -0.493 e. The van der Waals surface area contributed by atoms with Crippen molar-refractivity contribution < 1.29 is 26.9 Å². The zero-order chi connectivity index (χ0) is 24.9.